The molecule has 6 heteroatoms. The minimum Gasteiger partial charge on any atom is -0.504 e. The highest BCUT2D eigenvalue weighted by Crippen LogP contribution is 2.51. The molecule has 4 aromatic carbocycles. The second-order valence-corrected chi connectivity index (χ2v) is 12.7. The van der Waals surface area contributed by atoms with E-state index in [0.717, 1.165) is 98.1 Å². The zero-order valence-corrected chi connectivity index (χ0v) is 25.7. The lowest BCUT2D eigenvalue weighted by Gasteiger charge is -2.41. The van der Waals surface area contributed by atoms with E-state index in [1.54, 1.807) is 12.1 Å². The van der Waals surface area contributed by atoms with Gasteiger partial charge in [-0.25, -0.2) is 0 Å². The molecular formula is C38H42N2O4. The molecule has 2 atom stereocenters. The van der Waals surface area contributed by atoms with Gasteiger partial charge < -0.3 is 20.4 Å². The normalized spacial score (nSPS) is 19.6. The molecule has 228 valence electrons. The summed E-state index contributed by atoms with van der Waals surface area (Å²) in [6.07, 6.45) is 6.26. The number of rotatable bonds is 4. The monoisotopic (exact) mass is 590 g/mol. The zero-order chi connectivity index (χ0) is 30.5. The fourth-order valence-electron chi connectivity index (χ4n) is 8.26. The van der Waals surface area contributed by atoms with Crippen molar-refractivity contribution in [2.45, 2.75) is 64.5 Å². The molecule has 0 saturated heterocycles. The third-order valence-electron chi connectivity index (χ3n) is 10.2. The summed E-state index contributed by atoms with van der Waals surface area (Å²) < 4.78 is 0. The number of phenolic OH excluding ortho intramolecular Hbond substituents is 4. The van der Waals surface area contributed by atoms with E-state index < -0.39 is 0 Å². The van der Waals surface area contributed by atoms with Crippen molar-refractivity contribution in [3.8, 4) is 45.3 Å². The van der Waals surface area contributed by atoms with E-state index in [0.29, 0.717) is 12.1 Å². The van der Waals surface area contributed by atoms with Gasteiger partial charge in [0.2, 0.25) is 0 Å². The van der Waals surface area contributed by atoms with Crippen LogP contribution in [-0.4, -0.2) is 56.4 Å². The standard InChI is InChI=1S/2C19H21NO2/c2*1-2-9-20-10-8-12-4-3-5-14-17(12)15(20)11-13-6-7-16(21)19(22)18(13)14/h2*3-7,15,21-22H,2,8-11H2,1H3/t2*15-/m10/s1. The van der Waals surface area contributed by atoms with Crippen molar-refractivity contribution in [2.24, 2.45) is 0 Å². The molecule has 0 spiro atoms. The SMILES string of the molecule is CCCN1CCc2cccc3c2[C@@H]1Cc1ccc(O)c(O)c1-3.CCCN1CCc2cccc3c2[C@H]1Cc1ccc(O)c(O)c1-3. The Hall–Kier alpha value is -4.00. The number of hydrogen-bond acceptors (Lipinski definition) is 6. The first kappa shape index (κ1) is 28.8. The van der Waals surface area contributed by atoms with Gasteiger partial charge in [0, 0.05) is 36.3 Å². The van der Waals surface area contributed by atoms with Gasteiger partial charge in [-0.15, -0.1) is 0 Å². The van der Waals surface area contributed by atoms with Gasteiger partial charge in [-0.2, -0.15) is 0 Å². The predicted octanol–water partition coefficient (Wildman–Crippen LogP) is 7.26. The van der Waals surface area contributed by atoms with Crippen LogP contribution in [0, 0.1) is 0 Å². The second-order valence-electron chi connectivity index (χ2n) is 12.7. The molecule has 0 fully saturated rings. The average Bonchev–Trinajstić information content (AvgIpc) is 3.04. The number of fused-ring (bicyclic) bond motifs is 4. The molecule has 44 heavy (non-hydrogen) atoms. The van der Waals surface area contributed by atoms with Gasteiger partial charge in [0.15, 0.2) is 23.0 Å². The average molecular weight is 591 g/mol. The summed E-state index contributed by atoms with van der Waals surface area (Å²) >= 11 is 0. The molecule has 0 unspecified atom stereocenters. The Morgan fingerprint density at radius 1 is 0.568 bits per heavy atom. The summed E-state index contributed by atoms with van der Waals surface area (Å²) in [7, 11) is 0. The molecule has 2 aliphatic carbocycles. The molecule has 0 amide bonds. The van der Waals surface area contributed by atoms with Gasteiger partial charge in [0.1, 0.15) is 0 Å². The number of benzene rings is 4. The number of phenols is 4. The highest BCUT2D eigenvalue weighted by Gasteiger charge is 2.36. The Morgan fingerprint density at radius 2 is 1.00 bits per heavy atom. The Morgan fingerprint density at radius 3 is 1.41 bits per heavy atom. The van der Waals surface area contributed by atoms with Crippen LogP contribution in [0.5, 0.6) is 23.0 Å². The summed E-state index contributed by atoms with van der Waals surface area (Å²) in [6.45, 7) is 8.88. The number of aromatic hydroxyl groups is 4. The highest BCUT2D eigenvalue weighted by atomic mass is 16.3. The van der Waals surface area contributed by atoms with Crippen LogP contribution in [0.4, 0.5) is 0 Å². The molecule has 4 aliphatic rings. The molecule has 4 N–H and O–H groups in total. The number of hydrogen-bond donors (Lipinski definition) is 4. The highest BCUT2D eigenvalue weighted by molar-refractivity contribution is 5.83. The first-order valence-electron chi connectivity index (χ1n) is 16.2. The zero-order valence-electron chi connectivity index (χ0n) is 25.7. The molecule has 4 aromatic rings. The third kappa shape index (κ3) is 4.63. The van der Waals surface area contributed by atoms with Crippen LogP contribution < -0.4 is 0 Å². The van der Waals surface area contributed by atoms with Gasteiger partial charge in [-0.3, -0.25) is 9.80 Å². The van der Waals surface area contributed by atoms with Crippen LogP contribution in [0.1, 0.15) is 72.2 Å². The van der Waals surface area contributed by atoms with E-state index in [-0.39, 0.29) is 23.0 Å². The summed E-state index contributed by atoms with van der Waals surface area (Å²) in [5.74, 6) is -0.0130. The third-order valence-corrected chi connectivity index (χ3v) is 10.2. The van der Waals surface area contributed by atoms with Crippen molar-refractivity contribution in [3.63, 3.8) is 0 Å². The molecule has 0 aromatic heterocycles. The van der Waals surface area contributed by atoms with Crippen molar-refractivity contribution in [1.82, 2.24) is 9.80 Å². The van der Waals surface area contributed by atoms with Gasteiger partial charge in [-0.1, -0.05) is 62.4 Å². The van der Waals surface area contributed by atoms with Crippen molar-refractivity contribution in [2.75, 3.05) is 26.2 Å². The quantitative estimate of drug-likeness (QED) is 0.187. The van der Waals surface area contributed by atoms with Gasteiger partial charge in [-0.05, 0) is 108 Å². The van der Waals surface area contributed by atoms with Crippen LogP contribution in [0.15, 0.2) is 60.7 Å². The molecule has 0 saturated carbocycles. The van der Waals surface area contributed by atoms with E-state index in [4.69, 9.17) is 0 Å². The molecule has 6 nitrogen and oxygen atoms in total. The first-order chi connectivity index (χ1) is 21.4. The summed E-state index contributed by atoms with van der Waals surface area (Å²) in [5.41, 5.74) is 11.6. The van der Waals surface area contributed by atoms with Crippen LogP contribution in [0.3, 0.4) is 0 Å². The Balaban J connectivity index is 0.000000142. The molecule has 0 radical (unpaired) electrons. The fourth-order valence-corrected chi connectivity index (χ4v) is 8.26. The molecule has 8 rings (SSSR count). The minimum atomic E-state index is -0.0315. The van der Waals surface area contributed by atoms with Crippen LogP contribution in [0.25, 0.3) is 22.3 Å². The lowest BCUT2D eigenvalue weighted by atomic mass is 9.76. The van der Waals surface area contributed by atoms with E-state index in [2.05, 4.69) is 60.0 Å². The maximum Gasteiger partial charge on any atom is 0.165 e. The van der Waals surface area contributed by atoms with E-state index >= 15 is 0 Å². The molecule has 0 bridgehead atoms. The summed E-state index contributed by atoms with van der Waals surface area (Å²) in [4.78, 5) is 5.14. The Labute approximate surface area is 259 Å². The van der Waals surface area contributed by atoms with Crippen LogP contribution in [0.2, 0.25) is 0 Å². The van der Waals surface area contributed by atoms with E-state index in [9.17, 15) is 20.4 Å². The first-order valence-corrected chi connectivity index (χ1v) is 16.2. The molecule has 2 heterocycles. The smallest absolute Gasteiger partial charge is 0.165 e. The summed E-state index contributed by atoms with van der Waals surface area (Å²) in [6, 6.07) is 20.6. The van der Waals surface area contributed by atoms with Gasteiger partial charge in [0.25, 0.3) is 0 Å². The van der Waals surface area contributed by atoms with Gasteiger partial charge >= 0.3 is 0 Å². The lowest BCUT2D eigenvalue weighted by Crippen LogP contribution is -2.38. The van der Waals surface area contributed by atoms with Crippen molar-refractivity contribution >= 4 is 0 Å². The predicted molar refractivity (Wildman–Crippen MR) is 174 cm³/mol. The minimum absolute atomic E-state index is 0.0250. The second kappa shape index (κ2) is 11.5. The fraction of sp³-hybridized carbons (Fsp3) is 0.368. The van der Waals surface area contributed by atoms with E-state index in [1.807, 2.05) is 12.1 Å². The van der Waals surface area contributed by atoms with Gasteiger partial charge in [0.05, 0.1) is 0 Å². The largest absolute Gasteiger partial charge is 0.504 e. The van der Waals surface area contributed by atoms with Crippen molar-refractivity contribution in [3.05, 3.63) is 94.0 Å². The topological polar surface area (TPSA) is 87.4 Å². The van der Waals surface area contributed by atoms with E-state index in [1.165, 1.54) is 22.3 Å². The van der Waals surface area contributed by atoms with Crippen LogP contribution >= 0.6 is 0 Å². The van der Waals surface area contributed by atoms with Crippen molar-refractivity contribution in [1.29, 1.82) is 0 Å². The maximum absolute atomic E-state index is 10.4. The van der Waals surface area contributed by atoms with Crippen molar-refractivity contribution < 1.29 is 20.4 Å². The van der Waals surface area contributed by atoms with Crippen LogP contribution in [-0.2, 0) is 25.7 Å². The number of nitrogens with zero attached hydrogens (tertiary/aromatic N) is 2. The molecular weight excluding hydrogens is 548 g/mol. The molecule has 2 aliphatic heterocycles. The Kier molecular flexibility index (Phi) is 7.51. The Bertz CT molecular complexity index is 1600. The maximum atomic E-state index is 10.4. The summed E-state index contributed by atoms with van der Waals surface area (Å²) in [5, 5.41) is 40.5. The lowest BCUT2D eigenvalue weighted by molar-refractivity contribution is 0.183.